The molecular formula is C11H21N3O3S. The zero-order chi connectivity index (χ0) is 13.4. The van der Waals surface area contributed by atoms with Gasteiger partial charge in [-0.25, -0.2) is 4.79 Å². The van der Waals surface area contributed by atoms with Gasteiger partial charge in [-0.15, -0.1) is 0 Å². The molecule has 6 nitrogen and oxygen atoms in total. The molecule has 104 valence electrons. The molecule has 0 spiro atoms. The predicted octanol–water partition coefficient (Wildman–Crippen LogP) is 0.151. The lowest BCUT2D eigenvalue weighted by Crippen LogP contribution is -2.43. The summed E-state index contributed by atoms with van der Waals surface area (Å²) in [5, 5.41) is 11.3. The lowest BCUT2D eigenvalue weighted by atomic mass is 10.4. The second kappa shape index (κ2) is 8.20. The molecule has 1 rings (SSSR count). The summed E-state index contributed by atoms with van der Waals surface area (Å²) in [4.78, 5) is 25.7. The van der Waals surface area contributed by atoms with Crippen LogP contribution in [-0.4, -0.2) is 78.2 Å². The molecule has 1 aliphatic heterocycles. The van der Waals surface area contributed by atoms with E-state index in [-0.39, 0.29) is 19.0 Å². The first kappa shape index (κ1) is 15.1. The quantitative estimate of drug-likeness (QED) is 0.722. The van der Waals surface area contributed by atoms with Crippen LogP contribution in [0.2, 0.25) is 0 Å². The maximum atomic E-state index is 11.6. The fourth-order valence-electron chi connectivity index (χ4n) is 1.65. The molecule has 0 aliphatic carbocycles. The van der Waals surface area contributed by atoms with Crippen LogP contribution in [0.15, 0.2) is 0 Å². The molecule has 0 atom stereocenters. The van der Waals surface area contributed by atoms with E-state index >= 15 is 0 Å². The van der Waals surface area contributed by atoms with Crippen LogP contribution in [-0.2, 0) is 4.79 Å². The summed E-state index contributed by atoms with van der Waals surface area (Å²) in [7, 11) is 1.61. The smallest absolute Gasteiger partial charge is 0.317 e. The molecule has 1 aliphatic rings. The summed E-state index contributed by atoms with van der Waals surface area (Å²) in [5.41, 5.74) is 0. The van der Waals surface area contributed by atoms with Crippen molar-refractivity contribution in [1.29, 1.82) is 0 Å². The third kappa shape index (κ3) is 6.11. The molecule has 0 unspecified atom stereocenters. The third-order valence-corrected chi connectivity index (χ3v) is 3.76. The SMILES string of the molecule is CN(CCC(=O)O)C(=O)NCCN1CCSCC1. The molecule has 0 saturated carbocycles. The molecule has 1 fully saturated rings. The monoisotopic (exact) mass is 275 g/mol. The second-order valence-electron chi connectivity index (χ2n) is 4.25. The topological polar surface area (TPSA) is 72.9 Å². The Balaban J connectivity index is 2.09. The second-order valence-corrected chi connectivity index (χ2v) is 5.48. The fraction of sp³-hybridized carbons (Fsp3) is 0.818. The van der Waals surface area contributed by atoms with Crippen molar-refractivity contribution < 1.29 is 14.7 Å². The highest BCUT2D eigenvalue weighted by molar-refractivity contribution is 7.99. The molecule has 7 heteroatoms. The number of rotatable bonds is 6. The molecule has 0 bridgehead atoms. The van der Waals surface area contributed by atoms with E-state index in [0.29, 0.717) is 6.54 Å². The Morgan fingerprint density at radius 1 is 1.39 bits per heavy atom. The van der Waals surface area contributed by atoms with Crippen LogP contribution in [0.5, 0.6) is 0 Å². The van der Waals surface area contributed by atoms with Crippen molar-refractivity contribution in [3.05, 3.63) is 0 Å². The Kier molecular flexibility index (Phi) is 6.89. The summed E-state index contributed by atoms with van der Waals surface area (Å²) in [6, 6.07) is -0.206. The zero-order valence-corrected chi connectivity index (χ0v) is 11.5. The summed E-state index contributed by atoms with van der Waals surface area (Å²) < 4.78 is 0. The summed E-state index contributed by atoms with van der Waals surface area (Å²) in [5.74, 6) is 1.43. The minimum absolute atomic E-state index is 0.0206. The van der Waals surface area contributed by atoms with E-state index in [9.17, 15) is 9.59 Å². The number of amides is 2. The average molecular weight is 275 g/mol. The van der Waals surface area contributed by atoms with E-state index in [2.05, 4.69) is 10.2 Å². The van der Waals surface area contributed by atoms with Crippen LogP contribution in [0.25, 0.3) is 0 Å². The standard InChI is InChI=1S/C11H21N3O3S/c1-13(4-2-10(15)16)11(17)12-3-5-14-6-8-18-9-7-14/h2-9H2,1H3,(H,12,17)(H,15,16). The number of hydrogen-bond donors (Lipinski definition) is 2. The van der Waals surface area contributed by atoms with Crippen molar-refractivity contribution in [3.8, 4) is 0 Å². The Hall–Kier alpha value is -0.950. The zero-order valence-electron chi connectivity index (χ0n) is 10.7. The fourth-order valence-corrected chi connectivity index (χ4v) is 2.62. The van der Waals surface area contributed by atoms with Gasteiger partial charge in [0, 0.05) is 51.3 Å². The van der Waals surface area contributed by atoms with Gasteiger partial charge in [-0.1, -0.05) is 0 Å². The lowest BCUT2D eigenvalue weighted by Gasteiger charge is -2.26. The molecular weight excluding hydrogens is 254 g/mol. The number of thioether (sulfide) groups is 1. The van der Waals surface area contributed by atoms with Gasteiger partial charge in [0.2, 0.25) is 0 Å². The lowest BCUT2D eigenvalue weighted by molar-refractivity contribution is -0.137. The molecule has 1 saturated heterocycles. The normalized spacial score (nSPS) is 16.3. The van der Waals surface area contributed by atoms with E-state index < -0.39 is 5.97 Å². The van der Waals surface area contributed by atoms with Crippen LogP contribution in [0.1, 0.15) is 6.42 Å². The number of nitrogens with zero attached hydrogens (tertiary/aromatic N) is 2. The molecule has 0 radical (unpaired) electrons. The van der Waals surface area contributed by atoms with Crippen LogP contribution in [0, 0.1) is 0 Å². The van der Waals surface area contributed by atoms with Gasteiger partial charge >= 0.3 is 12.0 Å². The van der Waals surface area contributed by atoms with Crippen LogP contribution < -0.4 is 5.32 Å². The molecule has 0 aromatic rings. The Morgan fingerprint density at radius 3 is 2.67 bits per heavy atom. The summed E-state index contributed by atoms with van der Waals surface area (Å²) >= 11 is 1.96. The summed E-state index contributed by atoms with van der Waals surface area (Å²) in [6.07, 6.45) is -0.0206. The van der Waals surface area contributed by atoms with Gasteiger partial charge in [-0.05, 0) is 0 Å². The van der Waals surface area contributed by atoms with Crippen molar-refractivity contribution in [2.75, 3.05) is 51.3 Å². The number of urea groups is 1. The number of carboxylic acids is 1. The molecule has 0 aromatic heterocycles. The number of hydrogen-bond acceptors (Lipinski definition) is 4. The summed E-state index contributed by atoms with van der Waals surface area (Å²) in [6.45, 7) is 3.87. The van der Waals surface area contributed by atoms with Gasteiger partial charge in [-0.2, -0.15) is 11.8 Å². The van der Waals surface area contributed by atoms with Gasteiger partial charge in [0.15, 0.2) is 0 Å². The van der Waals surface area contributed by atoms with Crippen LogP contribution >= 0.6 is 11.8 Å². The first-order chi connectivity index (χ1) is 8.59. The van der Waals surface area contributed by atoms with Crippen molar-refractivity contribution in [2.24, 2.45) is 0 Å². The van der Waals surface area contributed by atoms with Crippen molar-refractivity contribution in [3.63, 3.8) is 0 Å². The molecule has 2 amide bonds. The number of carbonyl (C=O) groups excluding carboxylic acids is 1. The van der Waals surface area contributed by atoms with E-state index in [1.165, 1.54) is 4.90 Å². The maximum Gasteiger partial charge on any atom is 0.317 e. The molecule has 0 aromatic carbocycles. The third-order valence-electron chi connectivity index (χ3n) is 2.82. The molecule has 1 heterocycles. The van der Waals surface area contributed by atoms with E-state index in [1.54, 1.807) is 7.05 Å². The van der Waals surface area contributed by atoms with E-state index in [1.807, 2.05) is 11.8 Å². The highest BCUT2D eigenvalue weighted by Gasteiger charge is 2.12. The molecule has 2 N–H and O–H groups in total. The van der Waals surface area contributed by atoms with Crippen LogP contribution in [0.3, 0.4) is 0 Å². The Labute approximate surface area is 112 Å². The Bertz CT molecular complexity index is 283. The van der Waals surface area contributed by atoms with Gasteiger partial charge < -0.3 is 15.3 Å². The van der Waals surface area contributed by atoms with E-state index in [4.69, 9.17) is 5.11 Å². The predicted molar refractivity (Wildman–Crippen MR) is 72.0 cm³/mol. The van der Waals surface area contributed by atoms with Crippen molar-refractivity contribution >= 4 is 23.8 Å². The maximum absolute atomic E-state index is 11.6. The average Bonchev–Trinajstić information content (AvgIpc) is 2.37. The largest absolute Gasteiger partial charge is 0.481 e. The minimum Gasteiger partial charge on any atom is -0.481 e. The van der Waals surface area contributed by atoms with Gasteiger partial charge in [0.05, 0.1) is 6.42 Å². The number of carboxylic acid groups (broad SMARTS) is 1. The highest BCUT2D eigenvalue weighted by atomic mass is 32.2. The highest BCUT2D eigenvalue weighted by Crippen LogP contribution is 2.07. The molecule has 18 heavy (non-hydrogen) atoms. The van der Waals surface area contributed by atoms with Crippen LogP contribution in [0.4, 0.5) is 4.79 Å². The number of aliphatic carboxylic acids is 1. The number of nitrogens with one attached hydrogen (secondary N) is 1. The van der Waals surface area contributed by atoms with Crippen molar-refractivity contribution in [1.82, 2.24) is 15.1 Å². The van der Waals surface area contributed by atoms with Gasteiger partial charge in [0.1, 0.15) is 0 Å². The van der Waals surface area contributed by atoms with E-state index in [0.717, 1.165) is 31.1 Å². The first-order valence-electron chi connectivity index (χ1n) is 6.10. The van der Waals surface area contributed by atoms with Crippen molar-refractivity contribution in [2.45, 2.75) is 6.42 Å². The first-order valence-corrected chi connectivity index (χ1v) is 7.26. The minimum atomic E-state index is -0.888. The number of carbonyl (C=O) groups is 2. The van der Waals surface area contributed by atoms with Gasteiger partial charge in [0.25, 0.3) is 0 Å². The van der Waals surface area contributed by atoms with Gasteiger partial charge in [-0.3, -0.25) is 9.69 Å². The Morgan fingerprint density at radius 2 is 2.06 bits per heavy atom.